The van der Waals surface area contributed by atoms with Crippen LogP contribution in [0, 0.1) is 12.7 Å². The van der Waals surface area contributed by atoms with Crippen LogP contribution < -0.4 is 15.8 Å². The van der Waals surface area contributed by atoms with Crippen molar-refractivity contribution < 1.29 is 13.9 Å². The van der Waals surface area contributed by atoms with E-state index in [9.17, 15) is 9.18 Å². The Bertz CT molecular complexity index is 1070. The van der Waals surface area contributed by atoms with Crippen molar-refractivity contribution in [1.29, 1.82) is 0 Å². The summed E-state index contributed by atoms with van der Waals surface area (Å²) in [4.78, 5) is 16.9. The highest BCUT2D eigenvalue weighted by molar-refractivity contribution is 6.33. The van der Waals surface area contributed by atoms with Crippen LogP contribution in [0.15, 0.2) is 24.3 Å². The summed E-state index contributed by atoms with van der Waals surface area (Å²) in [6.07, 6.45) is -0.262. The Morgan fingerprint density at radius 3 is 2.62 bits per heavy atom. The van der Waals surface area contributed by atoms with Crippen LogP contribution in [0.3, 0.4) is 0 Å². The molecule has 0 atom stereocenters. The summed E-state index contributed by atoms with van der Waals surface area (Å²) in [5, 5.41) is 9.52. The standard InChI is InChI=1S/C19H18Cl2FN5O2/c1-8(2)29-15-7-10(14-5-4-12(20)18(23)24-14)13(22)6-11(15)19(28)25-16-9(3)26-27-17(16)21/h4-8H,1-3H3,(H2,23,24)(H,25,28)(H,26,27). The molecule has 3 aromatic rings. The summed E-state index contributed by atoms with van der Waals surface area (Å²) in [5.41, 5.74) is 6.91. The number of amides is 1. The van der Waals surface area contributed by atoms with E-state index in [2.05, 4.69) is 20.5 Å². The molecule has 29 heavy (non-hydrogen) atoms. The number of nitrogens with zero attached hydrogens (tertiary/aromatic N) is 2. The van der Waals surface area contributed by atoms with E-state index in [0.717, 1.165) is 6.07 Å². The molecule has 152 valence electrons. The smallest absolute Gasteiger partial charge is 0.259 e. The van der Waals surface area contributed by atoms with E-state index in [0.29, 0.717) is 11.4 Å². The number of hydrogen-bond donors (Lipinski definition) is 3. The number of H-pyrrole nitrogens is 1. The minimum Gasteiger partial charge on any atom is -0.490 e. The minimum atomic E-state index is -0.671. The zero-order valence-corrected chi connectivity index (χ0v) is 17.3. The van der Waals surface area contributed by atoms with Crippen molar-refractivity contribution in [3.05, 3.63) is 51.5 Å². The highest BCUT2D eigenvalue weighted by Crippen LogP contribution is 2.33. The van der Waals surface area contributed by atoms with Crippen LogP contribution in [0.25, 0.3) is 11.3 Å². The Kier molecular flexibility index (Phi) is 5.95. The van der Waals surface area contributed by atoms with Gasteiger partial charge in [-0.15, -0.1) is 0 Å². The first-order chi connectivity index (χ1) is 13.7. The summed E-state index contributed by atoms with van der Waals surface area (Å²) in [6.45, 7) is 5.25. The summed E-state index contributed by atoms with van der Waals surface area (Å²) >= 11 is 11.9. The van der Waals surface area contributed by atoms with Gasteiger partial charge in [-0.1, -0.05) is 23.2 Å². The van der Waals surface area contributed by atoms with Crippen LogP contribution >= 0.6 is 23.2 Å². The second-order valence-electron chi connectivity index (χ2n) is 6.51. The molecule has 0 bridgehead atoms. The third kappa shape index (κ3) is 4.44. The lowest BCUT2D eigenvalue weighted by atomic mass is 10.0. The Labute approximate surface area is 176 Å². The van der Waals surface area contributed by atoms with Crippen molar-refractivity contribution in [2.75, 3.05) is 11.1 Å². The maximum absolute atomic E-state index is 14.9. The van der Waals surface area contributed by atoms with E-state index in [1.54, 1.807) is 20.8 Å². The molecule has 1 aromatic carbocycles. The number of rotatable bonds is 5. The molecule has 0 saturated heterocycles. The van der Waals surface area contributed by atoms with Gasteiger partial charge in [0.15, 0.2) is 0 Å². The number of nitrogens with two attached hydrogens (primary N) is 1. The maximum Gasteiger partial charge on any atom is 0.259 e. The number of pyridine rings is 1. The number of nitrogen functional groups attached to an aromatic ring is 1. The Morgan fingerprint density at radius 1 is 1.31 bits per heavy atom. The number of hydrogen-bond acceptors (Lipinski definition) is 5. The van der Waals surface area contributed by atoms with Gasteiger partial charge in [0, 0.05) is 5.56 Å². The second-order valence-corrected chi connectivity index (χ2v) is 7.30. The number of ether oxygens (including phenoxy) is 1. The van der Waals surface area contributed by atoms with Gasteiger partial charge in [0.05, 0.1) is 28.1 Å². The first-order valence-electron chi connectivity index (χ1n) is 8.61. The molecule has 0 aliphatic carbocycles. The Hall–Kier alpha value is -2.84. The lowest BCUT2D eigenvalue weighted by Crippen LogP contribution is -2.17. The number of benzene rings is 1. The highest BCUT2D eigenvalue weighted by atomic mass is 35.5. The molecule has 2 aromatic heterocycles. The average molecular weight is 438 g/mol. The molecule has 0 spiro atoms. The molecular weight excluding hydrogens is 420 g/mol. The maximum atomic E-state index is 14.9. The molecule has 10 heteroatoms. The zero-order chi connectivity index (χ0) is 21.3. The number of aromatic amines is 1. The van der Waals surface area contributed by atoms with Crippen LogP contribution in [0.5, 0.6) is 5.75 Å². The molecule has 0 fully saturated rings. The van der Waals surface area contributed by atoms with Gasteiger partial charge in [-0.05, 0) is 45.0 Å². The highest BCUT2D eigenvalue weighted by Gasteiger charge is 2.22. The lowest BCUT2D eigenvalue weighted by molar-refractivity contribution is 0.102. The first-order valence-corrected chi connectivity index (χ1v) is 9.37. The molecule has 3 rings (SSSR count). The van der Waals surface area contributed by atoms with Crippen LogP contribution in [0.4, 0.5) is 15.9 Å². The monoisotopic (exact) mass is 437 g/mol. The number of carbonyl (C=O) groups excluding carboxylic acids is 1. The fourth-order valence-corrected chi connectivity index (χ4v) is 2.95. The third-order valence-electron chi connectivity index (χ3n) is 3.97. The number of nitrogens with one attached hydrogen (secondary N) is 2. The molecule has 0 radical (unpaired) electrons. The van der Waals surface area contributed by atoms with Crippen LogP contribution in [0.2, 0.25) is 10.2 Å². The van der Waals surface area contributed by atoms with E-state index < -0.39 is 11.7 Å². The number of carbonyl (C=O) groups is 1. The quantitative estimate of drug-likeness (QED) is 0.528. The second kappa shape index (κ2) is 8.26. The van der Waals surface area contributed by atoms with Gasteiger partial charge in [-0.25, -0.2) is 9.37 Å². The van der Waals surface area contributed by atoms with Gasteiger partial charge in [-0.2, -0.15) is 5.10 Å². The topological polar surface area (TPSA) is 106 Å². The van der Waals surface area contributed by atoms with Gasteiger partial charge in [0.2, 0.25) is 0 Å². The van der Waals surface area contributed by atoms with Crippen LogP contribution in [0.1, 0.15) is 29.9 Å². The molecule has 0 saturated carbocycles. The van der Waals surface area contributed by atoms with Gasteiger partial charge in [0.1, 0.15) is 28.2 Å². The van der Waals surface area contributed by atoms with E-state index in [4.69, 9.17) is 33.7 Å². The lowest BCUT2D eigenvalue weighted by Gasteiger charge is -2.16. The predicted molar refractivity (Wildman–Crippen MR) is 111 cm³/mol. The number of anilines is 2. The average Bonchev–Trinajstić information content (AvgIpc) is 2.96. The van der Waals surface area contributed by atoms with E-state index in [1.807, 2.05) is 0 Å². The van der Waals surface area contributed by atoms with Gasteiger partial charge >= 0.3 is 0 Å². The Balaban J connectivity index is 2.06. The molecule has 0 aliphatic rings. The predicted octanol–water partition coefficient (Wildman–Crippen LogP) is 4.85. The fourth-order valence-electron chi connectivity index (χ4n) is 2.62. The molecule has 0 aliphatic heterocycles. The number of aromatic nitrogens is 3. The summed E-state index contributed by atoms with van der Waals surface area (Å²) in [7, 11) is 0. The van der Waals surface area contributed by atoms with Crippen LogP contribution in [-0.2, 0) is 0 Å². The van der Waals surface area contributed by atoms with Gasteiger partial charge < -0.3 is 15.8 Å². The van der Waals surface area contributed by atoms with E-state index in [-0.39, 0.29) is 44.7 Å². The van der Waals surface area contributed by atoms with Crippen molar-refractivity contribution >= 4 is 40.6 Å². The third-order valence-corrected chi connectivity index (χ3v) is 4.56. The zero-order valence-electron chi connectivity index (χ0n) is 15.8. The summed E-state index contributed by atoms with van der Waals surface area (Å²) < 4.78 is 20.6. The van der Waals surface area contributed by atoms with Crippen LogP contribution in [-0.4, -0.2) is 27.2 Å². The number of aryl methyl sites for hydroxylation is 1. The SMILES string of the molecule is Cc1n[nH]c(Cl)c1NC(=O)c1cc(F)c(-c2ccc(Cl)c(N)n2)cc1OC(C)C. The largest absolute Gasteiger partial charge is 0.490 e. The number of halogens is 3. The van der Waals surface area contributed by atoms with E-state index >= 15 is 0 Å². The summed E-state index contributed by atoms with van der Waals surface area (Å²) in [5.74, 6) is -1.01. The fraction of sp³-hybridized carbons (Fsp3) is 0.211. The van der Waals surface area contributed by atoms with Crippen molar-refractivity contribution in [2.24, 2.45) is 0 Å². The van der Waals surface area contributed by atoms with Gasteiger partial charge in [0.25, 0.3) is 5.91 Å². The first kappa shape index (κ1) is 20.9. The van der Waals surface area contributed by atoms with Crippen molar-refractivity contribution in [3.8, 4) is 17.0 Å². The Morgan fingerprint density at radius 2 is 2.03 bits per heavy atom. The van der Waals surface area contributed by atoms with E-state index in [1.165, 1.54) is 18.2 Å². The summed E-state index contributed by atoms with van der Waals surface area (Å²) in [6, 6.07) is 5.54. The minimum absolute atomic E-state index is 0.00134. The molecule has 2 heterocycles. The normalized spacial score (nSPS) is 11.0. The molecule has 4 N–H and O–H groups in total. The molecule has 7 nitrogen and oxygen atoms in total. The molecular formula is C19H18Cl2FN5O2. The van der Waals surface area contributed by atoms with Crippen molar-refractivity contribution in [3.63, 3.8) is 0 Å². The van der Waals surface area contributed by atoms with Gasteiger partial charge in [-0.3, -0.25) is 9.89 Å². The van der Waals surface area contributed by atoms with Crippen molar-refractivity contribution in [2.45, 2.75) is 26.9 Å². The molecule has 1 amide bonds. The molecule has 0 unspecified atom stereocenters. The van der Waals surface area contributed by atoms with Crippen molar-refractivity contribution in [1.82, 2.24) is 15.2 Å².